The van der Waals surface area contributed by atoms with Gasteiger partial charge in [0.15, 0.2) is 0 Å². The molecule has 9 heteroatoms. The van der Waals surface area contributed by atoms with Crippen LogP contribution in [0.25, 0.3) is 0 Å². The molecule has 20 heavy (non-hydrogen) atoms. The van der Waals surface area contributed by atoms with Gasteiger partial charge in [-0.25, -0.2) is 4.39 Å². The highest BCUT2D eigenvalue weighted by Crippen LogP contribution is 2.36. The van der Waals surface area contributed by atoms with Gasteiger partial charge >= 0.3 is 12.4 Å². The van der Waals surface area contributed by atoms with Crippen LogP contribution in [0.3, 0.4) is 0 Å². The highest BCUT2D eigenvalue weighted by Gasteiger charge is 2.57. The first-order valence-electron chi connectivity index (χ1n) is 5.28. The number of ether oxygens (including phenoxy) is 1. The van der Waals surface area contributed by atoms with Gasteiger partial charge in [-0.05, 0) is 17.7 Å². The fraction of sp³-hybridized carbons (Fsp3) is 0.455. The molecule has 0 aliphatic heterocycles. The van der Waals surface area contributed by atoms with E-state index < -0.39 is 36.4 Å². The number of rotatable bonds is 4. The number of hydrogen-bond donors (Lipinski definition) is 1. The van der Waals surface area contributed by atoms with Gasteiger partial charge < -0.3 is 10.5 Å². The predicted molar refractivity (Wildman–Crippen MR) is 55.0 cm³/mol. The summed E-state index contributed by atoms with van der Waals surface area (Å²) in [4.78, 5) is 0. The van der Waals surface area contributed by atoms with Crippen LogP contribution in [0.5, 0.6) is 0 Å². The van der Waals surface area contributed by atoms with Crippen LogP contribution in [-0.4, -0.2) is 18.5 Å². The molecule has 0 aliphatic rings. The summed E-state index contributed by atoms with van der Waals surface area (Å²) in [6.45, 7) is -1.20. The molecule has 0 fully saturated rings. The molecule has 0 saturated carbocycles. The van der Waals surface area contributed by atoms with Gasteiger partial charge in [-0.15, -0.1) is 0 Å². The molecule has 0 bridgehead atoms. The Morgan fingerprint density at radius 2 is 1.60 bits per heavy atom. The van der Waals surface area contributed by atoms with E-state index >= 15 is 0 Å². The summed E-state index contributed by atoms with van der Waals surface area (Å²) in [5, 5.41) is 0. The molecule has 1 aromatic rings. The minimum absolute atomic E-state index is 0.0325. The Morgan fingerprint density at radius 1 is 1.05 bits per heavy atom. The topological polar surface area (TPSA) is 35.2 Å². The van der Waals surface area contributed by atoms with Crippen LogP contribution < -0.4 is 5.73 Å². The van der Waals surface area contributed by atoms with Crippen LogP contribution in [-0.2, 0) is 17.9 Å². The highest BCUT2D eigenvalue weighted by atomic mass is 19.4. The van der Waals surface area contributed by atoms with Gasteiger partial charge in [-0.3, -0.25) is 0 Å². The van der Waals surface area contributed by atoms with E-state index in [1.165, 1.54) is 6.07 Å². The van der Waals surface area contributed by atoms with E-state index in [0.29, 0.717) is 5.56 Å². The summed E-state index contributed by atoms with van der Waals surface area (Å²) in [5.41, 5.74) is 5.18. The zero-order valence-electron chi connectivity index (χ0n) is 9.85. The third-order valence-corrected chi connectivity index (χ3v) is 2.35. The zero-order chi connectivity index (χ0) is 15.6. The van der Waals surface area contributed by atoms with Crippen molar-refractivity contribution in [2.75, 3.05) is 0 Å². The minimum atomic E-state index is -5.62. The Balaban J connectivity index is 2.88. The van der Waals surface area contributed by atoms with Crippen LogP contribution in [0.2, 0.25) is 0 Å². The molecule has 0 radical (unpaired) electrons. The summed E-state index contributed by atoms with van der Waals surface area (Å²) in [6, 6.07) is 3.22. The minimum Gasteiger partial charge on any atom is -0.356 e. The standard InChI is InChI=1S/C11H10F7NO/c12-8-2-1-6(4-19)3-7(8)5-20-9(10(13,14)15)11(16,17)18/h1-3,9H,4-5,19H2. The molecule has 0 aromatic heterocycles. The Labute approximate surface area is 109 Å². The zero-order valence-corrected chi connectivity index (χ0v) is 9.85. The molecule has 0 aliphatic carbocycles. The molecule has 2 nitrogen and oxygen atoms in total. The van der Waals surface area contributed by atoms with Gasteiger partial charge in [-0.1, -0.05) is 6.07 Å². The Morgan fingerprint density at radius 3 is 2.05 bits per heavy atom. The van der Waals surface area contributed by atoms with E-state index in [2.05, 4.69) is 4.74 Å². The lowest BCUT2D eigenvalue weighted by molar-refractivity contribution is -0.324. The number of benzene rings is 1. The largest absolute Gasteiger partial charge is 0.423 e. The smallest absolute Gasteiger partial charge is 0.356 e. The Kier molecular flexibility index (Phi) is 4.98. The van der Waals surface area contributed by atoms with Gasteiger partial charge in [-0.2, -0.15) is 26.3 Å². The molecule has 0 spiro atoms. The van der Waals surface area contributed by atoms with Crippen LogP contribution in [0.15, 0.2) is 18.2 Å². The van der Waals surface area contributed by atoms with E-state index in [-0.39, 0.29) is 6.54 Å². The molecule has 1 aromatic carbocycles. The van der Waals surface area contributed by atoms with E-state index in [1.54, 1.807) is 0 Å². The van der Waals surface area contributed by atoms with Crippen molar-refractivity contribution >= 4 is 0 Å². The van der Waals surface area contributed by atoms with Crippen molar-refractivity contribution in [3.63, 3.8) is 0 Å². The van der Waals surface area contributed by atoms with Crippen LogP contribution >= 0.6 is 0 Å². The summed E-state index contributed by atoms with van der Waals surface area (Å²) in [6.07, 6.45) is -15.2. The van der Waals surface area contributed by atoms with Crippen molar-refractivity contribution in [3.05, 3.63) is 35.1 Å². The third-order valence-electron chi connectivity index (χ3n) is 2.35. The molecule has 0 atom stereocenters. The van der Waals surface area contributed by atoms with Crippen molar-refractivity contribution in [3.8, 4) is 0 Å². The normalized spacial score (nSPS) is 13.1. The second-order valence-electron chi connectivity index (χ2n) is 3.90. The molecule has 0 saturated heterocycles. The first-order chi connectivity index (χ1) is 9.05. The van der Waals surface area contributed by atoms with E-state index in [9.17, 15) is 30.7 Å². The average Bonchev–Trinajstić information content (AvgIpc) is 2.28. The summed E-state index contributed by atoms with van der Waals surface area (Å²) in [7, 11) is 0. The molecular weight excluding hydrogens is 295 g/mol. The van der Waals surface area contributed by atoms with Crippen molar-refractivity contribution in [1.29, 1.82) is 0 Å². The molecule has 0 heterocycles. The van der Waals surface area contributed by atoms with Crippen molar-refractivity contribution in [2.45, 2.75) is 31.6 Å². The maximum absolute atomic E-state index is 13.3. The summed E-state index contributed by atoms with van der Waals surface area (Å²) < 4.78 is 90.3. The molecular formula is C11H10F7NO. The summed E-state index contributed by atoms with van der Waals surface area (Å²) in [5.74, 6) is -0.967. The van der Waals surface area contributed by atoms with E-state index in [4.69, 9.17) is 5.73 Å². The van der Waals surface area contributed by atoms with Gasteiger partial charge in [0.25, 0.3) is 0 Å². The quantitative estimate of drug-likeness (QED) is 0.866. The lowest BCUT2D eigenvalue weighted by atomic mass is 10.1. The highest BCUT2D eigenvalue weighted by molar-refractivity contribution is 5.24. The lowest BCUT2D eigenvalue weighted by Crippen LogP contribution is -2.44. The molecule has 2 N–H and O–H groups in total. The SMILES string of the molecule is NCc1ccc(F)c(COC(C(F)(F)F)C(F)(F)F)c1. The molecule has 1 rings (SSSR count). The van der Waals surface area contributed by atoms with Crippen LogP contribution in [0, 0.1) is 5.82 Å². The number of nitrogens with two attached hydrogens (primary N) is 1. The second-order valence-corrected chi connectivity index (χ2v) is 3.90. The van der Waals surface area contributed by atoms with Gasteiger partial charge in [0.05, 0.1) is 6.61 Å². The van der Waals surface area contributed by atoms with Crippen molar-refractivity contribution in [1.82, 2.24) is 0 Å². The van der Waals surface area contributed by atoms with E-state index in [1.807, 2.05) is 0 Å². The predicted octanol–water partition coefficient (Wildman–Crippen LogP) is 3.29. The van der Waals surface area contributed by atoms with E-state index in [0.717, 1.165) is 12.1 Å². The lowest BCUT2D eigenvalue weighted by Gasteiger charge is -2.23. The maximum Gasteiger partial charge on any atom is 0.423 e. The first kappa shape index (κ1) is 16.7. The van der Waals surface area contributed by atoms with Gasteiger partial charge in [0, 0.05) is 12.1 Å². The number of halogens is 7. The maximum atomic E-state index is 13.3. The Bertz CT molecular complexity index is 441. The molecule has 114 valence electrons. The van der Waals surface area contributed by atoms with Gasteiger partial charge in [0.2, 0.25) is 6.10 Å². The number of alkyl halides is 6. The van der Waals surface area contributed by atoms with Gasteiger partial charge in [0.1, 0.15) is 5.82 Å². The fourth-order valence-corrected chi connectivity index (χ4v) is 1.41. The van der Waals surface area contributed by atoms with Crippen molar-refractivity contribution < 1.29 is 35.5 Å². The first-order valence-corrected chi connectivity index (χ1v) is 5.28. The second kappa shape index (κ2) is 5.96. The molecule has 0 unspecified atom stereocenters. The average molecular weight is 305 g/mol. The fourth-order valence-electron chi connectivity index (χ4n) is 1.41. The van der Waals surface area contributed by atoms with Crippen LogP contribution in [0.1, 0.15) is 11.1 Å². The third kappa shape index (κ3) is 4.34. The van der Waals surface area contributed by atoms with Crippen molar-refractivity contribution in [2.24, 2.45) is 5.73 Å². The number of hydrogen-bond acceptors (Lipinski definition) is 2. The Hall–Kier alpha value is -1.35. The monoisotopic (exact) mass is 305 g/mol. The van der Waals surface area contributed by atoms with Crippen LogP contribution in [0.4, 0.5) is 30.7 Å². The summed E-state index contributed by atoms with van der Waals surface area (Å²) >= 11 is 0. The molecule has 0 amide bonds.